The Hall–Kier alpha value is -0.740. The zero-order valence-corrected chi connectivity index (χ0v) is 20.3. The average Bonchev–Trinajstić information content (AvgIpc) is 2.75. The first-order chi connectivity index (χ1) is 14.5. The lowest BCUT2D eigenvalue weighted by Gasteiger charge is -2.25. The van der Waals surface area contributed by atoms with Crippen LogP contribution < -0.4 is 11.5 Å². The molecule has 0 aromatic rings. The van der Waals surface area contributed by atoms with E-state index < -0.39 is 5.54 Å². The van der Waals surface area contributed by atoms with Crippen molar-refractivity contribution in [3.8, 4) is 0 Å². The van der Waals surface area contributed by atoms with Crippen LogP contribution in [0.15, 0.2) is 0 Å². The Morgan fingerprint density at radius 3 is 1.07 bits per heavy atom. The molecule has 0 heterocycles. The minimum Gasteiger partial charge on any atom is -0.328 e. The van der Waals surface area contributed by atoms with Crippen molar-refractivity contribution in [2.75, 3.05) is 6.54 Å². The summed E-state index contributed by atoms with van der Waals surface area (Å²) in [4.78, 5) is 25.2. The number of rotatable bonds is 23. The number of hydrogen-bond donors (Lipinski definition) is 2. The molecule has 4 nitrogen and oxygen atoms in total. The zero-order valence-electron chi connectivity index (χ0n) is 20.3. The van der Waals surface area contributed by atoms with Crippen LogP contribution in [0.3, 0.4) is 0 Å². The third-order valence-electron chi connectivity index (χ3n) is 6.33. The molecule has 0 radical (unpaired) electrons. The Balaban J connectivity index is 3.90. The van der Waals surface area contributed by atoms with Crippen LogP contribution in [-0.4, -0.2) is 23.7 Å². The van der Waals surface area contributed by atoms with E-state index in [2.05, 4.69) is 13.8 Å². The fourth-order valence-electron chi connectivity index (χ4n) is 4.02. The number of Topliss-reactive ketones (excluding diaryl/α,β-unsaturated/α-hetero) is 2. The summed E-state index contributed by atoms with van der Waals surface area (Å²) in [5.41, 5.74) is 10.5. The van der Waals surface area contributed by atoms with Gasteiger partial charge in [-0.15, -0.1) is 0 Å². The van der Waals surface area contributed by atoms with E-state index in [4.69, 9.17) is 11.5 Å². The molecule has 0 aromatic carbocycles. The second-order valence-corrected chi connectivity index (χ2v) is 9.18. The molecule has 0 amide bonds. The molecule has 0 saturated carbocycles. The van der Waals surface area contributed by atoms with Crippen molar-refractivity contribution in [2.45, 2.75) is 148 Å². The smallest absolute Gasteiger partial charge is 0.161 e. The highest BCUT2D eigenvalue weighted by molar-refractivity contribution is 6.11. The van der Waals surface area contributed by atoms with Gasteiger partial charge in [-0.25, -0.2) is 0 Å². The molecule has 0 fully saturated rings. The molecular formula is C26H52N2O2. The van der Waals surface area contributed by atoms with Crippen molar-refractivity contribution < 1.29 is 9.59 Å². The summed E-state index contributed by atoms with van der Waals surface area (Å²) in [6.45, 7) is 4.40. The van der Waals surface area contributed by atoms with Crippen LogP contribution in [0.2, 0.25) is 0 Å². The standard InChI is InChI=1S/C26H52N2O2/c1-3-5-7-9-11-13-15-17-19-21-24(29)26(28,23-27)25(30)22-20-18-16-14-12-10-8-6-4-2/h3-23,27-28H2,1-2H3. The highest BCUT2D eigenvalue weighted by atomic mass is 16.2. The first-order valence-electron chi connectivity index (χ1n) is 13.1. The molecule has 4 N–H and O–H groups in total. The van der Waals surface area contributed by atoms with Crippen LogP contribution in [-0.2, 0) is 9.59 Å². The first kappa shape index (κ1) is 29.3. The largest absolute Gasteiger partial charge is 0.328 e. The molecule has 0 unspecified atom stereocenters. The molecule has 0 bridgehead atoms. The lowest BCUT2D eigenvalue weighted by molar-refractivity contribution is -0.134. The van der Waals surface area contributed by atoms with Crippen LogP contribution in [0.5, 0.6) is 0 Å². The maximum absolute atomic E-state index is 12.6. The van der Waals surface area contributed by atoms with Crippen molar-refractivity contribution >= 4 is 11.6 Å². The summed E-state index contributed by atoms with van der Waals surface area (Å²) in [5.74, 6) is -0.317. The molecule has 4 heteroatoms. The van der Waals surface area contributed by atoms with Crippen molar-refractivity contribution in [1.29, 1.82) is 0 Å². The van der Waals surface area contributed by atoms with Crippen LogP contribution in [0.4, 0.5) is 0 Å². The van der Waals surface area contributed by atoms with E-state index in [0.29, 0.717) is 12.8 Å². The van der Waals surface area contributed by atoms with Gasteiger partial charge < -0.3 is 11.5 Å². The van der Waals surface area contributed by atoms with Gasteiger partial charge in [-0.3, -0.25) is 9.59 Å². The Kier molecular flexibility index (Phi) is 19.7. The third-order valence-corrected chi connectivity index (χ3v) is 6.33. The highest BCUT2D eigenvalue weighted by Crippen LogP contribution is 2.17. The molecule has 0 atom stereocenters. The summed E-state index contributed by atoms with van der Waals surface area (Å²) >= 11 is 0. The Bertz CT molecular complexity index is 389. The van der Waals surface area contributed by atoms with E-state index in [1.165, 1.54) is 77.0 Å². The number of hydrogen-bond acceptors (Lipinski definition) is 4. The van der Waals surface area contributed by atoms with Gasteiger partial charge in [-0.05, 0) is 12.8 Å². The normalized spacial score (nSPS) is 11.7. The van der Waals surface area contributed by atoms with Crippen molar-refractivity contribution in [2.24, 2.45) is 11.5 Å². The monoisotopic (exact) mass is 424 g/mol. The second-order valence-electron chi connectivity index (χ2n) is 9.18. The van der Waals surface area contributed by atoms with Crippen LogP contribution in [0.25, 0.3) is 0 Å². The van der Waals surface area contributed by atoms with Gasteiger partial charge in [0.15, 0.2) is 11.6 Å². The molecule has 178 valence electrons. The molecule has 0 aliphatic carbocycles. The number of unbranched alkanes of at least 4 members (excludes halogenated alkanes) is 16. The maximum Gasteiger partial charge on any atom is 0.161 e. The maximum atomic E-state index is 12.6. The third kappa shape index (κ3) is 14.3. The average molecular weight is 425 g/mol. The lowest BCUT2D eigenvalue weighted by atomic mass is 9.84. The van der Waals surface area contributed by atoms with Gasteiger partial charge in [-0.1, -0.05) is 117 Å². The highest BCUT2D eigenvalue weighted by Gasteiger charge is 2.38. The summed E-state index contributed by atoms with van der Waals surface area (Å²) < 4.78 is 0. The van der Waals surface area contributed by atoms with Crippen molar-refractivity contribution in [3.63, 3.8) is 0 Å². The lowest BCUT2D eigenvalue weighted by Crippen LogP contribution is -2.60. The molecule has 0 aliphatic heterocycles. The van der Waals surface area contributed by atoms with Crippen LogP contribution in [0.1, 0.15) is 142 Å². The quantitative estimate of drug-likeness (QED) is 0.142. The van der Waals surface area contributed by atoms with Gasteiger partial charge >= 0.3 is 0 Å². The number of ketones is 2. The second kappa shape index (κ2) is 20.2. The molecule has 0 saturated heterocycles. The molecule has 0 aliphatic rings. The fourth-order valence-corrected chi connectivity index (χ4v) is 4.02. The fraction of sp³-hybridized carbons (Fsp3) is 0.923. The first-order valence-corrected chi connectivity index (χ1v) is 13.1. The number of carbonyl (C=O) groups excluding carboxylic acids is 2. The van der Waals surface area contributed by atoms with Gasteiger partial charge in [0, 0.05) is 19.4 Å². The van der Waals surface area contributed by atoms with Crippen LogP contribution in [0, 0.1) is 0 Å². The minimum absolute atomic E-state index is 0.0699. The predicted octanol–water partition coefficient (Wildman–Crippen LogP) is 6.62. The molecule has 0 spiro atoms. The van der Waals surface area contributed by atoms with E-state index in [9.17, 15) is 9.59 Å². The summed E-state index contributed by atoms with van der Waals surface area (Å²) in [5, 5.41) is 0. The number of nitrogens with two attached hydrogens (primary N) is 2. The SMILES string of the molecule is CCCCCCCCCCCC(=O)C(N)(CN)C(=O)CCCCCCCCCCC. The van der Waals surface area contributed by atoms with Gasteiger partial charge in [0.25, 0.3) is 0 Å². The van der Waals surface area contributed by atoms with E-state index in [-0.39, 0.29) is 18.1 Å². The number of carbonyl (C=O) groups is 2. The Morgan fingerprint density at radius 1 is 0.533 bits per heavy atom. The van der Waals surface area contributed by atoms with Crippen molar-refractivity contribution in [1.82, 2.24) is 0 Å². The van der Waals surface area contributed by atoms with Gasteiger partial charge in [0.1, 0.15) is 5.54 Å². The van der Waals surface area contributed by atoms with Gasteiger partial charge in [0.05, 0.1) is 0 Å². The Morgan fingerprint density at radius 2 is 0.800 bits per heavy atom. The molecule has 30 heavy (non-hydrogen) atoms. The minimum atomic E-state index is -1.46. The van der Waals surface area contributed by atoms with E-state index in [1.54, 1.807) is 0 Å². The zero-order chi connectivity index (χ0) is 22.5. The van der Waals surface area contributed by atoms with Crippen LogP contribution >= 0.6 is 0 Å². The molecular weight excluding hydrogens is 372 g/mol. The summed E-state index contributed by atoms with van der Waals surface area (Å²) in [6.07, 6.45) is 22.4. The van der Waals surface area contributed by atoms with E-state index >= 15 is 0 Å². The molecule has 0 rings (SSSR count). The van der Waals surface area contributed by atoms with Crippen molar-refractivity contribution in [3.05, 3.63) is 0 Å². The topological polar surface area (TPSA) is 86.2 Å². The summed E-state index contributed by atoms with van der Waals surface area (Å²) in [6, 6.07) is 0. The van der Waals surface area contributed by atoms with Gasteiger partial charge in [-0.2, -0.15) is 0 Å². The predicted molar refractivity (Wildman–Crippen MR) is 130 cm³/mol. The molecule has 0 aromatic heterocycles. The van der Waals surface area contributed by atoms with Gasteiger partial charge in [0.2, 0.25) is 0 Å². The summed E-state index contributed by atoms with van der Waals surface area (Å²) in [7, 11) is 0. The van der Waals surface area contributed by atoms with E-state index in [0.717, 1.165) is 38.5 Å². The Labute approximate surface area is 187 Å². The van der Waals surface area contributed by atoms with E-state index in [1.807, 2.05) is 0 Å².